The van der Waals surface area contributed by atoms with Gasteiger partial charge in [-0.15, -0.1) is 11.3 Å². The first kappa shape index (κ1) is 12.9. The van der Waals surface area contributed by atoms with Gasteiger partial charge in [0.05, 0.1) is 25.3 Å². The van der Waals surface area contributed by atoms with E-state index >= 15 is 0 Å². The van der Waals surface area contributed by atoms with Crippen molar-refractivity contribution in [1.29, 1.82) is 0 Å². The highest BCUT2D eigenvalue weighted by Gasteiger charge is 2.14. The zero-order chi connectivity index (χ0) is 13.1. The predicted octanol–water partition coefficient (Wildman–Crippen LogP) is 2.52. The third-order valence-electron chi connectivity index (χ3n) is 2.71. The molecule has 0 saturated heterocycles. The van der Waals surface area contributed by atoms with Crippen LogP contribution in [0.15, 0.2) is 24.4 Å². The van der Waals surface area contributed by atoms with E-state index in [2.05, 4.69) is 4.98 Å². The van der Waals surface area contributed by atoms with Crippen LogP contribution in [0.1, 0.15) is 21.5 Å². The van der Waals surface area contributed by atoms with Gasteiger partial charge in [-0.2, -0.15) is 0 Å². The summed E-state index contributed by atoms with van der Waals surface area (Å²) in [5.74, 6) is 1.39. The van der Waals surface area contributed by atoms with Crippen LogP contribution in [-0.4, -0.2) is 19.2 Å². The molecule has 5 heteroatoms. The molecule has 0 aliphatic carbocycles. The van der Waals surface area contributed by atoms with E-state index in [1.54, 1.807) is 25.6 Å². The number of hydrogen-bond donors (Lipinski definition) is 1. The van der Waals surface area contributed by atoms with Crippen LogP contribution in [0.4, 0.5) is 0 Å². The van der Waals surface area contributed by atoms with Crippen LogP contribution in [0.5, 0.6) is 11.5 Å². The van der Waals surface area contributed by atoms with E-state index in [-0.39, 0.29) is 6.04 Å². The Bertz CT molecular complexity index is 540. The molecule has 2 N–H and O–H groups in total. The molecule has 1 atom stereocenters. The normalized spacial score (nSPS) is 12.2. The molecule has 96 valence electrons. The van der Waals surface area contributed by atoms with Gasteiger partial charge in [0.25, 0.3) is 0 Å². The van der Waals surface area contributed by atoms with E-state index in [1.807, 2.05) is 31.3 Å². The summed E-state index contributed by atoms with van der Waals surface area (Å²) in [5, 5.41) is 1.01. The molecule has 0 bridgehead atoms. The minimum absolute atomic E-state index is 0.184. The van der Waals surface area contributed by atoms with Crippen molar-refractivity contribution in [2.45, 2.75) is 13.0 Å². The Balaban J connectivity index is 2.33. The van der Waals surface area contributed by atoms with Crippen LogP contribution in [0, 0.1) is 6.92 Å². The number of aromatic nitrogens is 1. The van der Waals surface area contributed by atoms with Gasteiger partial charge < -0.3 is 15.2 Å². The lowest BCUT2D eigenvalue weighted by molar-refractivity contribution is 0.354. The number of benzene rings is 1. The first-order valence-corrected chi connectivity index (χ1v) is 6.37. The topological polar surface area (TPSA) is 57.4 Å². The standard InChI is InChI=1S/C13H16N2O2S/c1-8-15-7-12(18-8)13(14)9-4-5-10(16-2)11(6-9)17-3/h4-7,13H,14H2,1-3H3. The molecule has 0 amide bonds. The second-order valence-electron chi connectivity index (χ2n) is 3.87. The summed E-state index contributed by atoms with van der Waals surface area (Å²) in [4.78, 5) is 5.26. The van der Waals surface area contributed by atoms with Gasteiger partial charge in [-0.3, -0.25) is 0 Å². The zero-order valence-corrected chi connectivity index (χ0v) is 11.5. The lowest BCUT2D eigenvalue weighted by Crippen LogP contribution is -2.10. The molecule has 1 unspecified atom stereocenters. The SMILES string of the molecule is COc1ccc(C(N)c2cnc(C)s2)cc1OC. The van der Waals surface area contributed by atoms with Crippen molar-refractivity contribution >= 4 is 11.3 Å². The first-order chi connectivity index (χ1) is 8.65. The van der Waals surface area contributed by atoms with E-state index < -0.39 is 0 Å². The highest BCUT2D eigenvalue weighted by Crippen LogP contribution is 2.32. The number of rotatable bonds is 4. The van der Waals surface area contributed by atoms with Crippen molar-refractivity contribution in [3.63, 3.8) is 0 Å². The van der Waals surface area contributed by atoms with Gasteiger partial charge in [0, 0.05) is 11.1 Å². The molecule has 0 saturated carbocycles. The molecular weight excluding hydrogens is 248 g/mol. The molecule has 18 heavy (non-hydrogen) atoms. The number of methoxy groups -OCH3 is 2. The Kier molecular flexibility index (Phi) is 3.84. The summed E-state index contributed by atoms with van der Waals surface area (Å²) in [5.41, 5.74) is 7.20. The van der Waals surface area contributed by atoms with Crippen molar-refractivity contribution in [1.82, 2.24) is 4.98 Å². The van der Waals surface area contributed by atoms with E-state index in [9.17, 15) is 0 Å². The maximum absolute atomic E-state index is 6.22. The van der Waals surface area contributed by atoms with Crippen molar-refractivity contribution in [2.75, 3.05) is 14.2 Å². The summed E-state index contributed by atoms with van der Waals surface area (Å²) in [6.45, 7) is 1.97. The quantitative estimate of drug-likeness (QED) is 0.922. The lowest BCUT2D eigenvalue weighted by atomic mass is 10.1. The Morgan fingerprint density at radius 3 is 2.50 bits per heavy atom. The summed E-state index contributed by atoms with van der Waals surface area (Å²) in [6.07, 6.45) is 1.82. The van der Waals surface area contributed by atoms with E-state index in [1.165, 1.54) is 0 Å². The third kappa shape index (κ3) is 2.47. The molecule has 0 spiro atoms. The number of aryl methyl sites for hydroxylation is 1. The van der Waals surface area contributed by atoms with E-state index in [0.717, 1.165) is 15.4 Å². The molecular formula is C13H16N2O2S. The van der Waals surface area contributed by atoms with Crippen LogP contribution in [-0.2, 0) is 0 Å². The number of thiazole rings is 1. The van der Waals surface area contributed by atoms with Crippen LogP contribution >= 0.6 is 11.3 Å². The number of ether oxygens (including phenoxy) is 2. The first-order valence-electron chi connectivity index (χ1n) is 5.55. The zero-order valence-electron chi connectivity index (χ0n) is 10.6. The number of nitrogens with two attached hydrogens (primary N) is 1. The second-order valence-corrected chi connectivity index (χ2v) is 5.14. The summed E-state index contributed by atoms with van der Waals surface area (Å²) < 4.78 is 10.5. The van der Waals surface area contributed by atoms with E-state index in [4.69, 9.17) is 15.2 Å². The largest absolute Gasteiger partial charge is 0.493 e. The maximum Gasteiger partial charge on any atom is 0.161 e. The Morgan fingerprint density at radius 2 is 1.94 bits per heavy atom. The Morgan fingerprint density at radius 1 is 1.22 bits per heavy atom. The van der Waals surface area contributed by atoms with Crippen molar-refractivity contribution in [3.05, 3.63) is 39.8 Å². The summed E-state index contributed by atoms with van der Waals surface area (Å²) in [7, 11) is 3.23. The van der Waals surface area contributed by atoms with Crippen molar-refractivity contribution < 1.29 is 9.47 Å². The van der Waals surface area contributed by atoms with Gasteiger partial charge >= 0.3 is 0 Å². The molecule has 1 aromatic carbocycles. The molecule has 1 aromatic heterocycles. The molecule has 0 radical (unpaired) electrons. The Hall–Kier alpha value is -1.59. The van der Waals surface area contributed by atoms with Gasteiger partial charge in [0.15, 0.2) is 11.5 Å². The lowest BCUT2D eigenvalue weighted by Gasteiger charge is -2.13. The van der Waals surface area contributed by atoms with Crippen LogP contribution < -0.4 is 15.2 Å². The average Bonchev–Trinajstić information content (AvgIpc) is 2.83. The van der Waals surface area contributed by atoms with Crippen LogP contribution in [0.3, 0.4) is 0 Å². The molecule has 2 rings (SSSR count). The highest BCUT2D eigenvalue weighted by atomic mass is 32.1. The minimum atomic E-state index is -0.184. The second kappa shape index (κ2) is 5.37. The van der Waals surface area contributed by atoms with E-state index in [0.29, 0.717) is 11.5 Å². The summed E-state index contributed by atoms with van der Waals surface area (Å²) >= 11 is 1.61. The maximum atomic E-state index is 6.22. The molecule has 0 fully saturated rings. The van der Waals surface area contributed by atoms with Crippen LogP contribution in [0.25, 0.3) is 0 Å². The van der Waals surface area contributed by atoms with Gasteiger partial charge in [-0.05, 0) is 24.6 Å². The van der Waals surface area contributed by atoms with Gasteiger partial charge in [0.2, 0.25) is 0 Å². The van der Waals surface area contributed by atoms with Gasteiger partial charge in [-0.1, -0.05) is 6.07 Å². The van der Waals surface area contributed by atoms with Crippen LogP contribution in [0.2, 0.25) is 0 Å². The van der Waals surface area contributed by atoms with Gasteiger partial charge in [-0.25, -0.2) is 4.98 Å². The number of nitrogens with zero attached hydrogens (tertiary/aromatic N) is 1. The molecule has 2 aromatic rings. The third-order valence-corrected chi connectivity index (χ3v) is 3.71. The van der Waals surface area contributed by atoms with Crippen molar-refractivity contribution in [3.8, 4) is 11.5 Å². The molecule has 0 aliphatic rings. The molecule has 4 nitrogen and oxygen atoms in total. The molecule has 0 aliphatic heterocycles. The fourth-order valence-electron chi connectivity index (χ4n) is 1.73. The smallest absolute Gasteiger partial charge is 0.161 e. The predicted molar refractivity (Wildman–Crippen MR) is 72.4 cm³/mol. The van der Waals surface area contributed by atoms with Crippen molar-refractivity contribution in [2.24, 2.45) is 5.73 Å². The fraction of sp³-hybridized carbons (Fsp3) is 0.308. The highest BCUT2D eigenvalue weighted by molar-refractivity contribution is 7.11. The fourth-order valence-corrected chi connectivity index (χ4v) is 2.55. The number of hydrogen-bond acceptors (Lipinski definition) is 5. The summed E-state index contributed by atoms with van der Waals surface area (Å²) in [6, 6.07) is 5.53. The van der Waals surface area contributed by atoms with Gasteiger partial charge in [0.1, 0.15) is 0 Å². The molecule has 1 heterocycles. The average molecular weight is 264 g/mol. The monoisotopic (exact) mass is 264 g/mol. The minimum Gasteiger partial charge on any atom is -0.493 e. The Labute approximate surface area is 110 Å².